The smallest absolute Gasteiger partial charge is 0.134 e. The molecule has 20 heavy (non-hydrogen) atoms. The van der Waals surface area contributed by atoms with Gasteiger partial charge >= 0.3 is 0 Å². The molecular weight excluding hydrogens is 248 g/mol. The van der Waals surface area contributed by atoms with Gasteiger partial charge in [0.1, 0.15) is 5.78 Å². The van der Waals surface area contributed by atoms with Crippen LogP contribution in [-0.4, -0.2) is 16.0 Å². The molecule has 1 N–H and O–H groups in total. The zero-order chi connectivity index (χ0) is 14.1. The number of ketones is 1. The third-order valence-corrected chi connectivity index (χ3v) is 3.46. The summed E-state index contributed by atoms with van der Waals surface area (Å²) in [5.74, 6) is 0.184. The molecule has 1 aromatic heterocycles. The second-order valence-electron chi connectivity index (χ2n) is 5.16. The van der Waals surface area contributed by atoms with E-state index in [0.717, 1.165) is 33.3 Å². The Bertz CT molecular complexity index is 787. The minimum Gasteiger partial charge on any atom is -0.300 e. The van der Waals surface area contributed by atoms with E-state index in [-0.39, 0.29) is 5.78 Å². The van der Waals surface area contributed by atoms with Crippen LogP contribution in [0.25, 0.3) is 22.0 Å². The molecule has 2 aromatic carbocycles. The van der Waals surface area contributed by atoms with Crippen molar-refractivity contribution >= 4 is 16.7 Å². The largest absolute Gasteiger partial charge is 0.300 e. The van der Waals surface area contributed by atoms with Gasteiger partial charge in [0, 0.05) is 17.5 Å². The lowest BCUT2D eigenvalue weighted by Gasteiger charge is -2.05. The molecule has 3 aromatic rings. The van der Waals surface area contributed by atoms with Crippen LogP contribution in [-0.2, 0) is 11.2 Å². The van der Waals surface area contributed by atoms with Crippen LogP contribution in [0.15, 0.2) is 42.5 Å². The number of aromatic amines is 1. The van der Waals surface area contributed by atoms with Crippen molar-refractivity contribution in [3.05, 3.63) is 53.7 Å². The van der Waals surface area contributed by atoms with Crippen LogP contribution in [0, 0.1) is 6.92 Å². The van der Waals surface area contributed by atoms with Crippen molar-refractivity contribution in [2.24, 2.45) is 0 Å². The normalized spacial score (nSPS) is 10.9. The van der Waals surface area contributed by atoms with Crippen LogP contribution in [0.1, 0.15) is 18.2 Å². The number of aryl methyl sites for hydroxylation is 1. The molecule has 3 heteroatoms. The lowest BCUT2D eigenvalue weighted by Crippen LogP contribution is -1.96. The summed E-state index contributed by atoms with van der Waals surface area (Å²) < 4.78 is 0. The first-order valence-electron chi connectivity index (χ1n) is 6.67. The molecule has 0 saturated heterocycles. The number of aromatic nitrogens is 2. The number of carbonyl (C=O) groups excluding carboxylic acids is 1. The molecule has 0 atom stereocenters. The van der Waals surface area contributed by atoms with E-state index in [1.54, 1.807) is 6.92 Å². The molecule has 100 valence electrons. The molecule has 0 saturated carbocycles. The zero-order valence-electron chi connectivity index (χ0n) is 11.6. The van der Waals surface area contributed by atoms with Gasteiger partial charge in [0.15, 0.2) is 0 Å². The Kier molecular flexibility index (Phi) is 3.11. The summed E-state index contributed by atoms with van der Waals surface area (Å²) in [7, 11) is 0. The number of benzene rings is 2. The zero-order valence-corrected chi connectivity index (χ0v) is 11.6. The van der Waals surface area contributed by atoms with Crippen LogP contribution in [0.3, 0.4) is 0 Å². The standard InChI is InChI=1S/C17H16N2O/c1-11(20)8-13-4-3-5-14(9-13)15-6-7-17-16(10-15)12(2)18-19-17/h3-7,9-10H,8H2,1-2H3,(H,18,19). The summed E-state index contributed by atoms with van der Waals surface area (Å²) in [6, 6.07) is 14.4. The Morgan fingerprint density at radius 3 is 2.75 bits per heavy atom. The molecule has 0 aliphatic heterocycles. The van der Waals surface area contributed by atoms with Crippen molar-refractivity contribution in [3.8, 4) is 11.1 Å². The van der Waals surface area contributed by atoms with Crippen molar-refractivity contribution in [3.63, 3.8) is 0 Å². The molecule has 0 fully saturated rings. The summed E-state index contributed by atoms with van der Waals surface area (Å²) >= 11 is 0. The van der Waals surface area contributed by atoms with Crippen molar-refractivity contribution < 1.29 is 4.79 Å². The number of hydrogen-bond donors (Lipinski definition) is 1. The highest BCUT2D eigenvalue weighted by Gasteiger charge is 2.05. The molecule has 0 aliphatic rings. The Balaban J connectivity index is 2.05. The Morgan fingerprint density at radius 1 is 1.15 bits per heavy atom. The number of hydrogen-bond acceptors (Lipinski definition) is 2. The van der Waals surface area contributed by atoms with E-state index in [4.69, 9.17) is 0 Å². The van der Waals surface area contributed by atoms with Crippen LogP contribution in [0.4, 0.5) is 0 Å². The van der Waals surface area contributed by atoms with Crippen LogP contribution < -0.4 is 0 Å². The Hall–Kier alpha value is -2.42. The number of H-pyrrole nitrogens is 1. The summed E-state index contributed by atoms with van der Waals surface area (Å²) in [5, 5.41) is 8.38. The fourth-order valence-electron chi connectivity index (χ4n) is 2.47. The molecule has 1 heterocycles. The highest BCUT2D eigenvalue weighted by Crippen LogP contribution is 2.25. The Morgan fingerprint density at radius 2 is 1.95 bits per heavy atom. The maximum atomic E-state index is 11.2. The summed E-state index contributed by atoms with van der Waals surface area (Å²) in [6.45, 7) is 3.64. The minimum absolute atomic E-state index is 0.184. The van der Waals surface area contributed by atoms with E-state index in [0.29, 0.717) is 6.42 Å². The molecule has 0 aliphatic carbocycles. The number of nitrogens with zero attached hydrogens (tertiary/aromatic N) is 1. The van der Waals surface area contributed by atoms with Crippen molar-refractivity contribution in [1.29, 1.82) is 0 Å². The summed E-state index contributed by atoms with van der Waals surface area (Å²) in [4.78, 5) is 11.2. The first-order chi connectivity index (χ1) is 9.63. The minimum atomic E-state index is 0.184. The predicted octanol–water partition coefficient (Wildman–Crippen LogP) is 3.67. The highest BCUT2D eigenvalue weighted by atomic mass is 16.1. The topological polar surface area (TPSA) is 45.8 Å². The van der Waals surface area contributed by atoms with Crippen molar-refractivity contribution in [2.75, 3.05) is 0 Å². The van der Waals surface area contributed by atoms with E-state index in [1.165, 1.54) is 0 Å². The lowest BCUT2D eigenvalue weighted by molar-refractivity contribution is -0.116. The average Bonchev–Trinajstić information content (AvgIpc) is 2.80. The fraction of sp³-hybridized carbons (Fsp3) is 0.176. The SMILES string of the molecule is CC(=O)Cc1cccc(-c2ccc3n[nH]c(C)c3c2)c1. The van der Waals surface area contributed by atoms with Crippen molar-refractivity contribution in [1.82, 2.24) is 10.2 Å². The second-order valence-corrected chi connectivity index (χ2v) is 5.16. The van der Waals surface area contributed by atoms with Gasteiger partial charge in [-0.05, 0) is 42.7 Å². The third-order valence-electron chi connectivity index (χ3n) is 3.46. The van der Waals surface area contributed by atoms with Gasteiger partial charge in [0.05, 0.1) is 5.52 Å². The van der Waals surface area contributed by atoms with Gasteiger partial charge in [0.2, 0.25) is 0 Å². The van der Waals surface area contributed by atoms with Crippen LogP contribution in [0.5, 0.6) is 0 Å². The van der Waals surface area contributed by atoms with Crippen LogP contribution in [0.2, 0.25) is 0 Å². The summed E-state index contributed by atoms with van der Waals surface area (Å²) in [6.07, 6.45) is 0.487. The molecule has 0 spiro atoms. The van der Waals surface area contributed by atoms with Gasteiger partial charge in [-0.1, -0.05) is 30.3 Å². The highest BCUT2D eigenvalue weighted by molar-refractivity contribution is 5.86. The van der Waals surface area contributed by atoms with Gasteiger partial charge in [0.25, 0.3) is 0 Å². The van der Waals surface area contributed by atoms with Gasteiger partial charge in [-0.2, -0.15) is 5.10 Å². The molecule has 0 amide bonds. The van der Waals surface area contributed by atoms with E-state index in [2.05, 4.69) is 34.5 Å². The van der Waals surface area contributed by atoms with Crippen molar-refractivity contribution in [2.45, 2.75) is 20.3 Å². The average molecular weight is 264 g/mol. The monoisotopic (exact) mass is 264 g/mol. The molecule has 0 bridgehead atoms. The molecule has 3 nitrogen and oxygen atoms in total. The molecule has 0 unspecified atom stereocenters. The van der Waals surface area contributed by atoms with Gasteiger partial charge in [-0.3, -0.25) is 9.89 Å². The number of fused-ring (bicyclic) bond motifs is 1. The van der Waals surface area contributed by atoms with E-state index < -0.39 is 0 Å². The van der Waals surface area contributed by atoms with Gasteiger partial charge in [-0.25, -0.2) is 0 Å². The lowest BCUT2D eigenvalue weighted by atomic mass is 9.99. The van der Waals surface area contributed by atoms with E-state index in [9.17, 15) is 4.79 Å². The number of carbonyl (C=O) groups is 1. The second kappa shape index (κ2) is 4.93. The fourth-order valence-corrected chi connectivity index (χ4v) is 2.47. The molecule has 0 radical (unpaired) electrons. The first-order valence-corrected chi connectivity index (χ1v) is 6.67. The van der Waals surface area contributed by atoms with E-state index >= 15 is 0 Å². The van der Waals surface area contributed by atoms with Crippen LogP contribution >= 0.6 is 0 Å². The third kappa shape index (κ3) is 2.35. The summed E-state index contributed by atoms with van der Waals surface area (Å²) in [5.41, 5.74) is 5.38. The van der Waals surface area contributed by atoms with Gasteiger partial charge < -0.3 is 0 Å². The molecular formula is C17H16N2O. The number of rotatable bonds is 3. The number of Topliss-reactive ketones (excluding diaryl/α,β-unsaturated/α-hetero) is 1. The van der Waals surface area contributed by atoms with Gasteiger partial charge in [-0.15, -0.1) is 0 Å². The maximum absolute atomic E-state index is 11.2. The Labute approximate surface area is 117 Å². The first kappa shape index (κ1) is 12.6. The van der Waals surface area contributed by atoms with E-state index in [1.807, 2.05) is 25.1 Å². The maximum Gasteiger partial charge on any atom is 0.134 e. The quantitative estimate of drug-likeness (QED) is 0.784. The molecule has 3 rings (SSSR count). The number of nitrogens with one attached hydrogen (secondary N) is 1. The predicted molar refractivity (Wildman–Crippen MR) is 80.7 cm³/mol.